The van der Waals surface area contributed by atoms with Gasteiger partial charge in [0.2, 0.25) is 5.78 Å². The first-order valence-electron chi connectivity index (χ1n) is 10.3. The molecule has 0 radical (unpaired) electrons. The van der Waals surface area contributed by atoms with Crippen molar-refractivity contribution in [1.29, 1.82) is 0 Å². The van der Waals surface area contributed by atoms with Crippen LogP contribution >= 0.6 is 0 Å². The second kappa shape index (κ2) is 6.56. The molecule has 5 rings (SSSR count). The van der Waals surface area contributed by atoms with Crippen LogP contribution < -0.4 is 9.80 Å². The molecule has 0 aliphatic carbocycles. The third-order valence-electron chi connectivity index (χ3n) is 6.07. The fourth-order valence-electron chi connectivity index (χ4n) is 4.97. The van der Waals surface area contributed by atoms with Crippen molar-refractivity contribution in [2.24, 2.45) is 0 Å². The Labute approximate surface area is 161 Å². The molecule has 138 valence electrons. The van der Waals surface area contributed by atoms with E-state index in [4.69, 9.17) is 0 Å². The molecule has 3 heterocycles. The van der Waals surface area contributed by atoms with Gasteiger partial charge in [0.05, 0.1) is 11.4 Å². The van der Waals surface area contributed by atoms with Gasteiger partial charge in [-0.05, 0) is 79.1 Å². The highest BCUT2D eigenvalue weighted by Gasteiger charge is 2.31. The minimum atomic E-state index is 0.159. The van der Waals surface area contributed by atoms with Gasteiger partial charge in [-0.2, -0.15) is 0 Å². The van der Waals surface area contributed by atoms with Gasteiger partial charge < -0.3 is 9.80 Å². The molecular formula is C24H26N2O. The third kappa shape index (κ3) is 2.68. The van der Waals surface area contributed by atoms with E-state index in [0.717, 1.165) is 42.8 Å². The predicted molar refractivity (Wildman–Crippen MR) is 112 cm³/mol. The molecule has 2 aromatic carbocycles. The number of carbonyl (C=O) groups excluding carboxylic acids is 1. The van der Waals surface area contributed by atoms with Crippen molar-refractivity contribution in [3.8, 4) is 0 Å². The van der Waals surface area contributed by atoms with Crippen molar-refractivity contribution in [2.75, 3.05) is 29.4 Å². The summed E-state index contributed by atoms with van der Waals surface area (Å²) in [6.45, 7) is 5.43. The van der Waals surface area contributed by atoms with Crippen LogP contribution in [0.4, 0.5) is 11.4 Å². The lowest BCUT2D eigenvalue weighted by Crippen LogP contribution is -2.34. The largest absolute Gasteiger partial charge is 0.371 e. The molecule has 0 spiro atoms. The van der Waals surface area contributed by atoms with E-state index < -0.39 is 0 Å². The monoisotopic (exact) mass is 358 g/mol. The zero-order chi connectivity index (χ0) is 18.4. The standard InChI is InChI=1S/C24H26N2O/c1-2-11-26-21-10-4-3-9-20(21)24(27)22(26)16-17-14-18-7-5-12-25-13-6-8-19(15-17)23(18)25/h3-4,9-10,14-16H,2,5-8,11-13H2,1H3/b22-16+. The first-order chi connectivity index (χ1) is 13.3. The highest BCUT2D eigenvalue weighted by atomic mass is 16.1. The number of allylic oxidation sites excluding steroid dienone is 1. The minimum absolute atomic E-state index is 0.159. The Morgan fingerprint density at radius 2 is 1.74 bits per heavy atom. The number of benzene rings is 2. The number of carbonyl (C=O) groups is 1. The van der Waals surface area contributed by atoms with Crippen molar-refractivity contribution in [3.63, 3.8) is 0 Å². The molecule has 27 heavy (non-hydrogen) atoms. The van der Waals surface area contributed by atoms with Crippen LogP contribution in [0.25, 0.3) is 6.08 Å². The molecule has 0 saturated carbocycles. The van der Waals surface area contributed by atoms with Crippen LogP contribution in [0.2, 0.25) is 0 Å². The number of fused-ring (bicyclic) bond motifs is 1. The average Bonchev–Trinajstić information content (AvgIpc) is 2.95. The van der Waals surface area contributed by atoms with Crippen molar-refractivity contribution < 1.29 is 4.79 Å². The normalized spacial score (nSPS) is 19.4. The highest BCUT2D eigenvalue weighted by molar-refractivity contribution is 6.21. The predicted octanol–water partition coefficient (Wildman–Crippen LogP) is 4.84. The van der Waals surface area contributed by atoms with E-state index in [1.54, 1.807) is 0 Å². The van der Waals surface area contributed by atoms with Crippen LogP contribution in [-0.4, -0.2) is 25.4 Å². The van der Waals surface area contributed by atoms with Gasteiger partial charge in [-0.1, -0.05) is 19.1 Å². The Balaban J connectivity index is 1.60. The Morgan fingerprint density at radius 1 is 1.04 bits per heavy atom. The van der Waals surface area contributed by atoms with E-state index in [0.29, 0.717) is 0 Å². The molecule has 0 aromatic heterocycles. The van der Waals surface area contributed by atoms with E-state index >= 15 is 0 Å². The number of aryl methyl sites for hydroxylation is 2. The van der Waals surface area contributed by atoms with Crippen molar-refractivity contribution >= 4 is 23.2 Å². The van der Waals surface area contributed by atoms with Gasteiger partial charge >= 0.3 is 0 Å². The minimum Gasteiger partial charge on any atom is -0.371 e. The molecule has 0 N–H and O–H groups in total. The summed E-state index contributed by atoms with van der Waals surface area (Å²) in [6, 6.07) is 12.7. The molecule has 0 amide bonds. The Kier molecular flexibility index (Phi) is 4.04. The fraction of sp³-hybridized carbons (Fsp3) is 0.375. The third-order valence-corrected chi connectivity index (χ3v) is 6.07. The summed E-state index contributed by atoms with van der Waals surface area (Å²) in [7, 11) is 0. The Morgan fingerprint density at radius 3 is 2.44 bits per heavy atom. The second-order valence-electron chi connectivity index (χ2n) is 7.91. The van der Waals surface area contributed by atoms with E-state index in [-0.39, 0.29) is 5.78 Å². The summed E-state index contributed by atoms with van der Waals surface area (Å²) in [5.74, 6) is 0.159. The smallest absolute Gasteiger partial charge is 0.211 e. The lowest BCUT2D eigenvalue weighted by molar-refractivity contribution is 0.104. The number of hydrogen-bond donors (Lipinski definition) is 0. The van der Waals surface area contributed by atoms with Gasteiger partial charge in [0.15, 0.2) is 0 Å². The van der Waals surface area contributed by atoms with E-state index in [1.165, 1.54) is 48.3 Å². The number of anilines is 2. The molecule has 3 nitrogen and oxygen atoms in total. The van der Waals surface area contributed by atoms with E-state index in [1.807, 2.05) is 18.2 Å². The van der Waals surface area contributed by atoms with Gasteiger partial charge in [0.25, 0.3) is 0 Å². The molecule has 0 unspecified atom stereocenters. The van der Waals surface area contributed by atoms with Gasteiger partial charge in [-0.3, -0.25) is 4.79 Å². The topological polar surface area (TPSA) is 23.6 Å². The van der Waals surface area contributed by atoms with Gasteiger partial charge in [-0.15, -0.1) is 0 Å². The molecular weight excluding hydrogens is 332 g/mol. The molecule has 3 aliphatic heterocycles. The SMILES string of the molecule is CCCN1/C(=C/c2cc3c4c(c2)CCCN4CCC3)C(=O)c2ccccc21. The quantitative estimate of drug-likeness (QED) is 0.734. The molecule has 3 aliphatic rings. The Bertz CT molecular complexity index is 912. The number of hydrogen-bond acceptors (Lipinski definition) is 3. The van der Waals surface area contributed by atoms with Gasteiger partial charge in [-0.25, -0.2) is 0 Å². The molecule has 3 heteroatoms. The van der Waals surface area contributed by atoms with Crippen molar-refractivity contribution in [2.45, 2.75) is 39.0 Å². The van der Waals surface area contributed by atoms with Crippen LogP contribution in [0, 0.1) is 0 Å². The van der Waals surface area contributed by atoms with Crippen molar-refractivity contribution in [3.05, 3.63) is 64.3 Å². The summed E-state index contributed by atoms with van der Waals surface area (Å²) in [4.78, 5) is 17.8. The van der Waals surface area contributed by atoms with Crippen LogP contribution in [0.3, 0.4) is 0 Å². The lowest BCUT2D eigenvalue weighted by atomic mass is 9.90. The zero-order valence-electron chi connectivity index (χ0n) is 16.0. The molecule has 0 fully saturated rings. The zero-order valence-corrected chi connectivity index (χ0v) is 16.0. The van der Waals surface area contributed by atoms with E-state index in [9.17, 15) is 4.79 Å². The summed E-state index contributed by atoms with van der Waals surface area (Å²) in [6.07, 6.45) is 7.93. The number of rotatable bonds is 3. The van der Waals surface area contributed by atoms with Crippen LogP contribution in [0.1, 0.15) is 53.2 Å². The van der Waals surface area contributed by atoms with Crippen LogP contribution in [-0.2, 0) is 12.8 Å². The summed E-state index contributed by atoms with van der Waals surface area (Å²) < 4.78 is 0. The maximum absolute atomic E-state index is 13.1. The van der Waals surface area contributed by atoms with Crippen LogP contribution in [0.15, 0.2) is 42.1 Å². The maximum Gasteiger partial charge on any atom is 0.211 e. The molecule has 0 bridgehead atoms. The van der Waals surface area contributed by atoms with Crippen LogP contribution in [0.5, 0.6) is 0 Å². The average molecular weight is 358 g/mol. The maximum atomic E-state index is 13.1. The van der Waals surface area contributed by atoms with Gasteiger partial charge in [0, 0.05) is 30.9 Å². The van der Waals surface area contributed by atoms with E-state index in [2.05, 4.69) is 41.0 Å². The number of Topliss-reactive ketones (excluding diaryl/α,β-unsaturated/α-hetero) is 1. The first-order valence-corrected chi connectivity index (χ1v) is 10.3. The lowest BCUT2D eigenvalue weighted by Gasteiger charge is -2.37. The fourth-order valence-corrected chi connectivity index (χ4v) is 4.97. The molecule has 0 saturated heterocycles. The summed E-state index contributed by atoms with van der Waals surface area (Å²) in [5.41, 5.74) is 8.33. The molecule has 0 atom stereocenters. The number of para-hydroxylation sites is 1. The van der Waals surface area contributed by atoms with Gasteiger partial charge in [0.1, 0.15) is 0 Å². The second-order valence-corrected chi connectivity index (χ2v) is 7.91. The number of nitrogens with zero attached hydrogens (tertiary/aromatic N) is 2. The summed E-state index contributed by atoms with van der Waals surface area (Å²) in [5, 5.41) is 0. The number of ketones is 1. The Hall–Kier alpha value is -2.55. The van der Waals surface area contributed by atoms with Crippen molar-refractivity contribution in [1.82, 2.24) is 0 Å². The first kappa shape index (κ1) is 16.6. The summed E-state index contributed by atoms with van der Waals surface area (Å²) >= 11 is 0. The molecule has 2 aromatic rings. The highest BCUT2D eigenvalue weighted by Crippen LogP contribution is 2.39.